The van der Waals surface area contributed by atoms with E-state index in [1.165, 1.54) is 0 Å². The van der Waals surface area contributed by atoms with Crippen LogP contribution in [0.3, 0.4) is 0 Å². The second kappa shape index (κ2) is 7.35. The first kappa shape index (κ1) is 16.4. The van der Waals surface area contributed by atoms with Crippen LogP contribution < -0.4 is 0 Å². The molecule has 23 heavy (non-hydrogen) atoms. The van der Waals surface area contributed by atoms with Gasteiger partial charge in [-0.2, -0.15) is 0 Å². The number of aliphatic hydroxyl groups excluding tert-OH is 1. The van der Waals surface area contributed by atoms with Gasteiger partial charge in [0.25, 0.3) is 0 Å². The lowest BCUT2D eigenvalue weighted by Crippen LogP contribution is -1.99. The minimum absolute atomic E-state index is 0.0500. The second-order valence-electron chi connectivity index (χ2n) is 5.18. The van der Waals surface area contributed by atoms with Gasteiger partial charge in [0.05, 0.1) is 5.69 Å². The van der Waals surface area contributed by atoms with E-state index in [4.69, 9.17) is 10.2 Å². The van der Waals surface area contributed by atoms with E-state index >= 15 is 0 Å². The SMILES string of the molecule is CC(=O)c1ccc(CCc2ccc(/C=C(\O)C(=O)O)nc2)cc1. The molecule has 0 atom stereocenters. The molecule has 2 N–H and O–H groups in total. The molecule has 0 bridgehead atoms. The molecule has 5 heteroatoms. The average molecular weight is 311 g/mol. The number of Topliss-reactive ketones (excluding diaryl/α,β-unsaturated/α-hetero) is 1. The number of rotatable bonds is 6. The van der Waals surface area contributed by atoms with Crippen LogP contribution in [-0.4, -0.2) is 26.9 Å². The molecule has 1 heterocycles. The first-order chi connectivity index (χ1) is 11.0. The molecule has 0 aliphatic rings. The van der Waals surface area contributed by atoms with Crippen molar-refractivity contribution in [2.24, 2.45) is 0 Å². The van der Waals surface area contributed by atoms with Crippen LogP contribution >= 0.6 is 0 Å². The number of pyridine rings is 1. The molecule has 0 aliphatic carbocycles. The van der Waals surface area contributed by atoms with Crippen LogP contribution in [0, 0.1) is 0 Å². The number of aliphatic carboxylic acids is 1. The number of hydrogen-bond acceptors (Lipinski definition) is 4. The van der Waals surface area contributed by atoms with Gasteiger partial charge in [-0.05, 0) is 37.0 Å². The van der Waals surface area contributed by atoms with Crippen LogP contribution in [0.25, 0.3) is 6.08 Å². The average Bonchev–Trinajstić information content (AvgIpc) is 2.54. The van der Waals surface area contributed by atoms with Gasteiger partial charge in [0.2, 0.25) is 5.76 Å². The predicted octanol–water partition coefficient (Wildman–Crippen LogP) is 3.05. The molecule has 118 valence electrons. The fourth-order valence-electron chi connectivity index (χ4n) is 2.07. The van der Waals surface area contributed by atoms with Crippen molar-refractivity contribution in [3.05, 3.63) is 70.7 Å². The normalized spacial score (nSPS) is 11.3. The number of nitrogens with zero attached hydrogens (tertiary/aromatic N) is 1. The van der Waals surface area contributed by atoms with Crippen LogP contribution in [-0.2, 0) is 17.6 Å². The van der Waals surface area contributed by atoms with Gasteiger partial charge < -0.3 is 10.2 Å². The van der Waals surface area contributed by atoms with Crippen molar-refractivity contribution in [3.8, 4) is 0 Å². The van der Waals surface area contributed by atoms with E-state index in [0.717, 1.165) is 30.0 Å². The van der Waals surface area contributed by atoms with Crippen LogP contribution in [0.5, 0.6) is 0 Å². The molecule has 0 spiro atoms. The largest absolute Gasteiger partial charge is 0.502 e. The summed E-state index contributed by atoms with van der Waals surface area (Å²) in [5.74, 6) is -2.07. The molecule has 1 aromatic heterocycles. The molecule has 0 fully saturated rings. The monoisotopic (exact) mass is 311 g/mol. The summed E-state index contributed by atoms with van der Waals surface area (Å²) in [4.78, 5) is 25.9. The van der Waals surface area contributed by atoms with E-state index < -0.39 is 11.7 Å². The highest BCUT2D eigenvalue weighted by Crippen LogP contribution is 2.10. The maximum absolute atomic E-state index is 11.2. The number of benzene rings is 1. The van der Waals surface area contributed by atoms with Gasteiger partial charge in [0, 0.05) is 17.8 Å². The molecule has 1 aromatic carbocycles. The van der Waals surface area contributed by atoms with E-state index in [2.05, 4.69) is 4.98 Å². The van der Waals surface area contributed by atoms with E-state index in [-0.39, 0.29) is 5.78 Å². The fourth-order valence-corrected chi connectivity index (χ4v) is 2.07. The van der Waals surface area contributed by atoms with Crippen molar-refractivity contribution >= 4 is 17.8 Å². The van der Waals surface area contributed by atoms with Gasteiger partial charge in [-0.3, -0.25) is 9.78 Å². The Balaban J connectivity index is 1.97. The molecule has 2 aromatic rings. The van der Waals surface area contributed by atoms with E-state index in [1.54, 1.807) is 19.2 Å². The molecule has 0 saturated carbocycles. The smallest absolute Gasteiger partial charge is 0.371 e. The third-order valence-electron chi connectivity index (χ3n) is 3.41. The Morgan fingerprint density at radius 2 is 1.61 bits per heavy atom. The molecular weight excluding hydrogens is 294 g/mol. The summed E-state index contributed by atoms with van der Waals surface area (Å²) in [6.07, 6.45) is 4.36. The standard InChI is InChI=1S/C18H17NO4/c1-12(20)15-7-4-13(5-8-15)2-3-14-6-9-16(19-11-14)10-17(21)18(22)23/h4-11,21H,2-3H2,1H3,(H,22,23)/b17-10-. The molecule has 2 rings (SSSR count). The van der Waals surface area contributed by atoms with Gasteiger partial charge in [-0.25, -0.2) is 4.79 Å². The number of hydrogen-bond donors (Lipinski definition) is 2. The van der Waals surface area contributed by atoms with Gasteiger partial charge in [0.15, 0.2) is 5.78 Å². The zero-order chi connectivity index (χ0) is 16.8. The molecular formula is C18H17NO4. The number of carbonyl (C=O) groups excluding carboxylic acids is 1. The molecule has 0 saturated heterocycles. The molecule has 5 nitrogen and oxygen atoms in total. The first-order valence-corrected chi connectivity index (χ1v) is 7.14. The maximum Gasteiger partial charge on any atom is 0.371 e. The van der Waals surface area contributed by atoms with Crippen molar-refractivity contribution in [1.82, 2.24) is 4.98 Å². The molecule has 0 radical (unpaired) electrons. The lowest BCUT2D eigenvalue weighted by molar-refractivity contribution is -0.135. The third kappa shape index (κ3) is 4.78. The minimum Gasteiger partial charge on any atom is -0.502 e. The van der Waals surface area contributed by atoms with Crippen molar-refractivity contribution < 1.29 is 19.8 Å². The zero-order valence-electron chi connectivity index (χ0n) is 12.7. The van der Waals surface area contributed by atoms with E-state index in [9.17, 15) is 9.59 Å². The lowest BCUT2D eigenvalue weighted by atomic mass is 10.0. The topological polar surface area (TPSA) is 87.5 Å². The van der Waals surface area contributed by atoms with Crippen molar-refractivity contribution in [3.63, 3.8) is 0 Å². The fraction of sp³-hybridized carbons (Fsp3) is 0.167. The van der Waals surface area contributed by atoms with Gasteiger partial charge in [0.1, 0.15) is 0 Å². The van der Waals surface area contributed by atoms with Crippen LogP contribution in [0.4, 0.5) is 0 Å². The van der Waals surface area contributed by atoms with Gasteiger partial charge in [-0.15, -0.1) is 0 Å². The summed E-state index contributed by atoms with van der Waals surface area (Å²) in [5, 5.41) is 17.8. The number of aryl methyl sites for hydroxylation is 2. The van der Waals surface area contributed by atoms with E-state index in [0.29, 0.717) is 11.3 Å². The second-order valence-corrected chi connectivity index (χ2v) is 5.18. The maximum atomic E-state index is 11.2. The van der Waals surface area contributed by atoms with Crippen molar-refractivity contribution in [1.29, 1.82) is 0 Å². The van der Waals surface area contributed by atoms with Crippen LogP contribution in [0.1, 0.15) is 34.1 Å². The highest BCUT2D eigenvalue weighted by molar-refractivity contribution is 5.94. The first-order valence-electron chi connectivity index (χ1n) is 7.14. The summed E-state index contributed by atoms with van der Waals surface area (Å²) >= 11 is 0. The highest BCUT2D eigenvalue weighted by atomic mass is 16.4. The quantitative estimate of drug-likeness (QED) is 0.486. The minimum atomic E-state index is -1.38. The number of aromatic nitrogens is 1. The summed E-state index contributed by atoms with van der Waals surface area (Å²) in [6, 6.07) is 11.0. The zero-order valence-corrected chi connectivity index (χ0v) is 12.7. The van der Waals surface area contributed by atoms with Gasteiger partial charge in [-0.1, -0.05) is 30.3 Å². The van der Waals surface area contributed by atoms with Crippen molar-refractivity contribution in [2.45, 2.75) is 19.8 Å². The number of carbonyl (C=O) groups is 2. The Morgan fingerprint density at radius 1 is 1.00 bits per heavy atom. The summed E-state index contributed by atoms with van der Waals surface area (Å²) in [5.41, 5.74) is 3.22. The van der Waals surface area contributed by atoms with Crippen molar-refractivity contribution in [2.75, 3.05) is 0 Å². The van der Waals surface area contributed by atoms with Crippen LogP contribution in [0.2, 0.25) is 0 Å². The van der Waals surface area contributed by atoms with E-state index in [1.807, 2.05) is 30.3 Å². The van der Waals surface area contributed by atoms with Crippen LogP contribution in [0.15, 0.2) is 48.4 Å². The Hall–Kier alpha value is -2.95. The molecule has 0 amide bonds. The number of aliphatic hydroxyl groups is 1. The number of carboxylic acid groups (broad SMARTS) is 1. The Labute approximate surface area is 133 Å². The predicted molar refractivity (Wildman–Crippen MR) is 86.3 cm³/mol. The Bertz CT molecular complexity index is 731. The molecule has 0 aliphatic heterocycles. The highest BCUT2D eigenvalue weighted by Gasteiger charge is 2.04. The third-order valence-corrected chi connectivity index (χ3v) is 3.41. The Kier molecular flexibility index (Phi) is 5.25. The summed E-state index contributed by atoms with van der Waals surface area (Å²) in [7, 11) is 0. The summed E-state index contributed by atoms with van der Waals surface area (Å²) < 4.78 is 0. The van der Waals surface area contributed by atoms with Gasteiger partial charge >= 0.3 is 5.97 Å². The lowest BCUT2D eigenvalue weighted by Gasteiger charge is -2.04. The summed E-state index contributed by atoms with van der Waals surface area (Å²) in [6.45, 7) is 1.54. The molecule has 0 unspecified atom stereocenters. The number of ketones is 1. The number of carboxylic acids is 1. The Morgan fingerprint density at radius 3 is 2.13 bits per heavy atom.